The van der Waals surface area contributed by atoms with E-state index in [4.69, 9.17) is 71.6 Å². The van der Waals surface area contributed by atoms with Crippen molar-refractivity contribution in [3.63, 3.8) is 0 Å². The fourth-order valence-corrected chi connectivity index (χ4v) is 9.68. The average Bonchev–Trinajstić information content (AvgIpc) is 3.65. The Hall–Kier alpha value is -3.95. The second-order valence-electron chi connectivity index (χ2n) is 15.5. The SMILES string of the molecule is CC1COc2ccccc2N1C(=O)C(Cl)Cl.CCOCN(C(=O)CCl)c1c(C)cccc1CC.COC(=O)CSc1cc(N=c2sc(=O)n3n2CCCC3)c(F)cc1Cl.CP(=O)(O)CCC(N)C(=O)O. The normalized spacial score (nSPS) is 15.2. The van der Waals surface area contributed by atoms with Gasteiger partial charge in [-0.05, 0) is 93.2 Å². The summed E-state index contributed by atoms with van der Waals surface area (Å²) in [4.78, 5) is 73.4. The maximum atomic E-state index is 14.3. The second kappa shape index (κ2) is 29.5. The third-order valence-corrected chi connectivity index (χ3v) is 14.1. The number of nitrogens with two attached hydrogens (primary N) is 1. The van der Waals surface area contributed by atoms with Gasteiger partial charge in [0.2, 0.25) is 10.7 Å². The Bertz CT molecular complexity index is 2600. The highest BCUT2D eigenvalue weighted by Gasteiger charge is 2.32. The summed E-state index contributed by atoms with van der Waals surface area (Å²) in [5, 5.41) is 8.48. The van der Waals surface area contributed by atoms with Crippen molar-refractivity contribution in [2.24, 2.45) is 10.7 Å². The molecule has 3 atom stereocenters. The number of rotatable bonds is 15. The first-order valence-corrected chi connectivity index (χ1v) is 27.6. The van der Waals surface area contributed by atoms with E-state index in [1.54, 1.807) is 19.2 Å². The lowest BCUT2D eigenvalue weighted by Gasteiger charge is -2.35. The molecule has 2 aliphatic heterocycles. The number of thioether (sulfide) groups is 1. The Morgan fingerprint density at radius 1 is 1.10 bits per heavy atom. The van der Waals surface area contributed by atoms with E-state index in [1.165, 1.54) is 19.8 Å². The van der Waals surface area contributed by atoms with Gasteiger partial charge in [-0.1, -0.05) is 72.1 Å². The Kier molecular flexibility index (Phi) is 25.5. The van der Waals surface area contributed by atoms with Crippen molar-refractivity contribution in [2.45, 2.75) is 88.3 Å². The molecule has 3 heterocycles. The first-order chi connectivity index (χ1) is 33.1. The van der Waals surface area contributed by atoms with Crippen molar-refractivity contribution in [1.29, 1.82) is 0 Å². The number of carbonyl (C=O) groups is 4. The Morgan fingerprint density at radius 2 is 1.77 bits per heavy atom. The van der Waals surface area contributed by atoms with E-state index in [9.17, 15) is 32.9 Å². The predicted molar refractivity (Wildman–Crippen MR) is 276 cm³/mol. The van der Waals surface area contributed by atoms with Gasteiger partial charge in [-0.15, -0.1) is 23.4 Å². The van der Waals surface area contributed by atoms with Crippen molar-refractivity contribution in [1.82, 2.24) is 9.36 Å². The highest BCUT2D eigenvalue weighted by atomic mass is 35.5. The zero-order valence-corrected chi connectivity index (χ0v) is 45.0. The zero-order valence-electron chi connectivity index (χ0n) is 39.4. The number of carbonyl (C=O) groups excluding carboxylic acids is 3. The number of alkyl halides is 3. The molecule has 1 aromatic heterocycles. The van der Waals surface area contributed by atoms with Crippen LogP contribution in [0.1, 0.15) is 51.2 Å². The summed E-state index contributed by atoms with van der Waals surface area (Å²) >= 11 is 25.1. The number of carboxylic acid groups (broad SMARTS) is 1. The van der Waals surface area contributed by atoms with E-state index in [0.29, 0.717) is 41.7 Å². The number of aryl methyl sites for hydroxylation is 2. The summed E-state index contributed by atoms with van der Waals surface area (Å²) in [5.41, 5.74) is 9.02. The van der Waals surface area contributed by atoms with Crippen molar-refractivity contribution in [2.75, 3.05) is 61.3 Å². The number of aromatic nitrogens is 2. The van der Waals surface area contributed by atoms with Gasteiger partial charge in [0.05, 0.1) is 35.3 Å². The zero-order chi connectivity index (χ0) is 52.3. The van der Waals surface area contributed by atoms with Crippen LogP contribution in [-0.4, -0.2) is 112 Å². The van der Waals surface area contributed by atoms with Crippen LogP contribution in [0.2, 0.25) is 5.02 Å². The summed E-state index contributed by atoms with van der Waals surface area (Å²) in [6.07, 6.45) is 2.77. The van der Waals surface area contributed by atoms with Crippen LogP contribution in [0.25, 0.3) is 0 Å². The Morgan fingerprint density at radius 3 is 2.37 bits per heavy atom. The largest absolute Gasteiger partial charge is 0.489 e. The number of anilines is 2. The number of benzene rings is 3. The van der Waals surface area contributed by atoms with Crippen molar-refractivity contribution < 1.29 is 52.3 Å². The second-order valence-corrected chi connectivity index (χ2v) is 21.7. The molecule has 6 rings (SSSR count). The predicted octanol–water partition coefficient (Wildman–Crippen LogP) is 8.21. The number of methoxy groups -OCH3 is 1. The third-order valence-electron chi connectivity index (χ3n) is 10.1. The number of amides is 2. The summed E-state index contributed by atoms with van der Waals surface area (Å²) < 4.78 is 43.8. The molecule has 0 aliphatic carbocycles. The van der Waals surface area contributed by atoms with E-state index in [2.05, 4.69) is 16.7 Å². The quantitative estimate of drug-likeness (QED) is 0.0336. The van der Waals surface area contributed by atoms with Gasteiger partial charge in [-0.25, -0.2) is 14.1 Å². The number of halogens is 5. The highest BCUT2D eigenvalue weighted by molar-refractivity contribution is 8.00. The fourth-order valence-electron chi connectivity index (χ4n) is 6.58. The molecule has 0 saturated carbocycles. The molecule has 25 heteroatoms. The van der Waals surface area contributed by atoms with Crippen LogP contribution in [0.5, 0.6) is 5.75 Å². The molecule has 2 aliphatic rings. The molecule has 17 nitrogen and oxygen atoms in total. The van der Waals surface area contributed by atoms with Crippen LogP contribution in [-0.2, 0) is 52.7 Å². The molecule has 0 spiro atoms. The van der Waals surface area contributed by atoms with Crippen LogP contribution in [0, 0.1) is 12.7 Å². The summed E-state index contributed by atoms with van der Waals surface area (Å²) in [5.74, 6) is -1.86. The third kappa shape index (κ3) is 18.3. The van der Waals surface area contributed by atoms with Crippen molar-refractivity contribution in [3.8, 4) is 5.75 Å². The molecule has 3 unspecified atom stereocenters. The van der Waals surface area contributed by atoms with E-state index >= 15 is 0 Å². The van der Waals surface area contributed by atoms with Crippen molar-refractivity contribution >= 4 is 118 Å². The van der Waals surface area contributed by atoms with E-state index < -0.39 is 36.0 Å². The molecule has 3 aromatic carbocycles. The van der Waals surface area contributed by atoms with Gasteiger partial charge < -0.3 is 34.8 Å². The number of ether oxygens (including phenoxy) is 3. The van der Waals surface area contributed by atoms with Gasteiger partial charge in [0.15, 0.2) is 12.2 Å². The fraction of sp³-hybridized carbons (Fsp3) is 0.467. The minimum Gasteiger partial charge on any atom is -0.489 e. The highest BCUT2D eigenvalue weighted by Crippen LogP contribution is 2.37. The van der Waals surface area contributed by atoms with Crippen LogP contribution < -0.4 is 29.9 Å². The molecular formula is C45H58Cl4FN6O11PS2. The van der Waals surface area contributed by atoms with Gasteiger partial charge in [0.25, 0.3) is 5.91 Å². The molecule has 0 fully saturated rings. The number of para-hydroxylation sites is 3. The lowest BCUT2D eigenvalue weighted by atomic mass is 10.0. The molecule has 4 aromatic rings. The number of nitrogens with zero attached hydrogens (tertiary/aromatic N) is 5. The number of fused-ring (bicyclic) bond motifs is 2. The van der Waals surface area contributed by atoms with E-state index in [1.807, 2.05) is 63.2 Å². The lowest BCUT2D eigenvalue weighted by molar-refractivity contribution is -0.139. The molecule has 2 amide bonds. The molecule has 386 valence electrons. The maximum Gasteiger partial charge on any atom is 0.325 e. The number of aliphatic carboxylic acids is 1. The molecule has 0 radical (unpaired) electrons. The van der Waals surface area contributed by atoms with Crippen molar-refractivity contribution in [3.05, 3.63) is 91.0 Å². The molecule has 4 N–H and O–H groups in total. The average molecular weight is 1110 g/mol. The minimum absolute atomic E-state index is 0.0371. The standard InChI is InChI=1S/C15H15ClFN3O3S2.C14H20ClNO2.C11H11Cl2NO2.C5H12NO4P/c1-23-13(21)8-24-12-7-11(10(17)6-9(12)16)18-14-19-4-2-3-5-20(19)15(22)25-14;1-4-12-8-6-7-11(3)14(12)16(10-18-5-2)13(17)9-15;1-7-6-16-9-5-3-2-4-8(9)14(7)11(15)10(12)13;1-11(9,10)3-2-4(6)5(7)8/h6-7H,2-5,8H2,1H3;6-8H,4-5,9-10H2,1-3H3;2-5,7,10H,6H2,1H3;4H,2-3,6H2,1H3,(H,7,8)(H,9,10). The monoisotopic (exact) mass is 1110 g/mol. The molecular weight excluding hydrogens is 1060 g/mol. The van der Waals surface area contributed by atoms with Crippen LogP contribution in [0.4, 0.5) is 21.5 Å². The van der Waals surface area contributed by atoms with Crippen LogP contribution in [0.15, 0.2) is 69.3 Å². The van der Waals surface area contributed by atoms with Crippen LogP contribution >= 0.6 is 76.9 Å². The Labute approximate surface area is 434 Å². The lowest BCUT2D eigenvalue weighted by Crippen LogP contribution is -2.47. The van der Waals surface area contributed by atoms with Gasteiger partial charge >= 0.3 is 16.8 Å². The molecule has 70 heavy (non-hydrogen) atoms. The van der Waals surface area contributed by atoms with Gasteiger partial charge in [-0.3, -0.25) is 38.1 Å². The van der Waals surface area contributed by atoms with Gasteiger partial charge in [0.1, 0.15) is 42.5 Å². The van der Waals surface area contributed by atoms with Crippen LogP contribution in [0.3, 0.4) is 0 Å². The smallest absolute Gasteiger partial charge is 0.325 e. The number of carboxylic acids is 1. The summed E-state index contributed by atoms with van der Waals surface area (Å²) in [6.45, 7) is 11.6. The molecule has 0 saturated heterocycles. The number of hydrogen-bond donors (Lipinski definition) is 3. The minimum atomic E-state index is -3.10. The van der Waals surface area contributed by atoms with E-state index in [0.717, 1.165) is 70.9 Å². The summed E-state index contributed by atoms with van der Waals surface area (Å²) in [6, 6.07) is 14.9. The maximum absolute atomic E-state index is 14.3. The number of esters is 1. The first kappa shape index (κ1) is 60.4. The molecule has 0 bridgehead atoms. The topological polar surface area (TPSA) is 225 Å². The Balaban J connectivity index is 0.000000257. The van der Waals surface area contributed by atoms with Gasteiger partial charge in [-0.2, -0.15) is 0 Å². The van der Waals surface area contributed by atoms with Gasteiger partial charge in [0, 0.05) is 37.4 Å². The first-order valence-electron chi connectivity index (χ1n) is 21.8. The number of hydrogen-bond acceptors (Lipinski definition) is 13. The van der Waals surface area contributed by atoms with E-state index in [-0.39, 0.29) is 64.4 Å². The summed E-state index contributed by atoms with van der Waals surface area (Å²) in [7, 11) is -1.81.